The molecule has 11 heavy (non-hydrogen) atoms. The van der Waals surface area contributed by atoms with Crippen molar-refractivity contribution in [3.05, 3.63) is 0 Å². The van der Waals surface area contributed by atoms with Gasteiger partial charge in [-0.1, -0.05) is 0 Å². The molecule has 0 aromatic rings. The van der Waals surface area contributed by atoms with Crippen molar-refractivity contribution < 1.29 is 5.11 Å². The Morgan fingerprint density at radius 1 is 1.36 bits per heavy atom. The van der Waals surface area contributed by atoms with Gasteiger partial charge in [0.2, 0.25) is 0 Å². The van der Waals surface area contributed by atoms with Gasteiger partial charge in [-0.2, -0.15) is 0 Å². The van der Waals surface area contributed by atoms with Gasteiger partial charge in [-0.15, -0.1) is 12.4 Å². The molecule has 0 bridgehead atoms. The zero-order valence-corrected chi connectivity index (χ0v) is 7.31. The lowest BCUT2D eigenvalue weighted by Gasteiger charge is -2.40. The molecule has 2 fully saturated rings. The van der Waals surface area contributed by atoms with E-state index in [4.69, 9.17) is 5.11 Å². The van der Waals surface area contributed by atoms with Crippen LogP contribution in [0.4, 0.5) is 0 Å². The average Bonchev–Trinajstić information content (AvgIpc) is 2.31. The lowest BCUT2D eigenvalue weighted by molar-refractivity contribution is -0.0198. The molecule has 0 aromatic carbocycles. The van der Waals surface area contributed by atoms with Gasteiger partial charge in [0.1, 0.15) is 0 Å². The number of nitrogens with one attached hydrogen (secondary N) is 1. The Hall–Kier alpha value is 0.170. The largest absolute Gasteiger partial charge is 0.390 e. The molecule has 2 aliphatic rings. The number of hydrogen-bond donors (Lipinski definition) is 2. The van der Waals surface area contributed by atoms with Gasteiger partial charge in [0, 0.05) is 25.7 Å². The molecular weight excluding hydrogens is 164 g/mol. The van der Waals surface area contributed by atoms with Crippen LogP contribution in [0.15, 0.2) is 0 Å². The van der Waals surface area contributed by atoms with Crippen molar-refractivity contribution in [1.29, 1.82) is 0 Å². The summed E-state index contributed by atoms with van der Waals surface area (Å²) < 4.78 is 0. The van der Waals surface area contributed by atoms with Gasteiger partial charge in [0.05, 0.1) is 6.10 Å². The van der Waals surface area contributed by atoms with Gasteiger partial charge < -0.3 is 10.4 Å². The van der Waals surface area contributed by atoms with E-state index in [9.17, 15) is 0 Å². The quantitative estimate of drug-likeness (QED) is 0.566. The Kier molecular flexibility index (Phi) is 3.13. The van der Waals surface area contributed by atoms with Gasteiger partial charge in [-0.3, -0.25) is 4.90 Å². The summed E-state index contributed by atoms with van der Waals surface area (Å²) in [7, 11) is 0. The van der Waals surface area contributed by atoms with Crippen LogP contribution in [0.25, 0.3) is 0 Å². The van der Waals surface area contributed by atoms with Gasteiger partial charge in [0.15, 0.2) is 0 Å². The molecule has 0 unspecified atom stereocenters. The Balaban J connectivity index is 0.000000605. The lowest BCUT2D eigenvalue weighted by Crippen LogP contribution is -2.55. The van der Waals surface area contributed by atoms with E-state index in [1.807, 2.05) is 0 Å². The van der Waals surface area contributed by atoms with Gasteiger partial charge in [0.25, 0.3) is 0 Å². The summed E-state index contributed by atoms with van der Waals surface area (Å²) in [5.41, 5.74) is 0. The molecule has 0 amide bonds. The minimum absolute atomic E-state index is 0. The third-order valence-electron chi connectivity index (χ3n) is 2.44. The molecule has 2 N–H and O–H groups in total. The van der Waals surface area contributed by atoms with Crippen molar-refractivity contribution >= 4 is 12.4 Å². The van der Waals surface area contributed by atoms with Gasteiger partial charge in [-0.05, 0) is 13.0 Å². The van der Waals surface area contributed by atoms with Gasteiger partial charge >= 0.3 is 0 Å². The molecule has 66 valence electrons. The third kappa shape index (κ3) is 1.85. The molecule has 0 spiro atoms. The normalized spacial score (nSPS) is 33.0. The topological polar surface area (TPSA) is 35.5 Å². The average molecular weight is 179 g/mol. The number of hydrogen-bond acceptors (Lipinski definition) is 3. The first-order valence-electron chi connectivity index (χ1n) is 3.99. The molecule has 0 radical (unpaired) electrons. The summed E-state index contributed by atoms with van der Waals surface area (Å²) in [6.45, 7) is 4.06. The highest BCUT2D eigenvalue weighted by molar-refractivity contribution is 5.85. The SMILES string of the molecule is Cl.OC1CN([C@H]2CCNC2)C1. The van der Waals surface area contributed by atoms with E-state index in [0.717, 1.165) is 26.2 Å². The molecule has 3 nitrogen and oxygen atoms in total. The van der Waals surface area contributed by atoms with Gasteiger partial charge in [-0.25, -0.2) is 0 Å². The van der Waals surface area contributed by atoms with Crippen LogP contribution in [0.2, 0.25) is 0 Å². The monoisotopic (exact) mass is 178 g/mol. The van der Waals surface area contributed by atoms with Crippen molar-refractivity contribution in [3.8, 4) is 0 Å². The number of aliphatic hydroxyl groups excluding tert-OH is 1. The van der Waals surface area contributed by atoms with Crippen LogP contribution in [0.1, 0.15) is 6.42 Å². The zero-order chi connectivity index (χ0) is 6.97. The predicted molar refractivity (Wildman–Crippen MR) is 46.1 cm³/mol. The van der Waals surface area contributed by atoms with E-state index in [1.54, 1.807) is 0 Å². The number of aliphatic hydroxyl groups is 1. The Bertz CT molecular complexity index is 122. The second-order valence-electron chi connectivity index (χ2n) is 3.25. The lowest BCUT2D eigenvalue weighted by atomic mass is 10.1. The maximum atomic E-state index is 9.02. The van der Waals surface area contributed by atoms with E-state index in [0.29, 0.717) is 6.04 Å². The zero-order valence-electron chi connectivity index (χ0n) is 6.49. The summed E-state index contributed by atoms with van der Waals surface area (Å²) in [5.74, 6) is 0. The molecule has 0 saturated carbocycles. The second-order valence-corrected chi connectivity index (χ2v) is 3.25. The number of rotatable bonds is 1. The minimum Gasteiger partial charge on any atom is -0.390 e. The molecule has 4 heteroatoms. The fourth-order valence-electron chi connectivity index (χ4n) is 1.74. The van der Waals surface area contributed by atoms with Crippen LogP contribution in [-0.2, 0) is 0 Å². The highest BCUT2D eigenvalue weighted by atomic mass is 35.5. The summed E-state index contributed by atoms with van der Waals surface area (Å²) in [6, 6.07) is 0.711. The molecule has 0 aromatic heterocycles. The Morgan fingerprint density at radius 2 is 2.09 bits per heavy atom. The van der Waals surface area contributed by atoms with Crippen molar-refractivity contribution in [2.24, 2.45) is 0 Å². The maximum absolute atomic E-state index is 9.02. The van der Waals surface area contributed by atoms with Crippen molar-refractivity contribution in [2.45, 2.75) is 18.6 Å². The smallest absolute Gasteiger partial charge is 0.0794 e. The molecule has 2 aliphatic heterocycles. The fourth-order valence-corrected chi connectivity index (χ4v) is 1.74. The minimum atomic E-state index is -0.0411. The first-order chi connectivity index (χ1) is 4.86. The van der Waals surface area contributed by atoms with Crippen LogP contribution in [0.5, 0.6) is 0 Å². The first-order valence-corrected chi connectivity index (χ1v) is 3.99. The molecular formula is C7H15ClN2O. The highest BCUT2D eigenvalue weighted by Crippen LogP contribution is 2.16. The number of β-amino-alcohol motifs (C(OH)–C–C–N with tert-alkyl or cyclic N) is 1. The molecule has 2 saturated heterocycles. The summed E-state index contributed by atoms with van der Waals surface area (Å²) in [6.07, 6.45) is 1.22. The summed E-state index contributed by atoms with van der Waals surface area (Å²) >= 11 is 0. The number of likely N-dealkylation sites (tertiary alicyclic amines) is 1. The second kappa shape index (κ2) is 3.72. The third-order valence-corrected chi connectivity index (χ3v) is 2.44. The maximum Gasteiger partial charge on any atom is 0.0794 e. The summed E-state index contributed by atoms with van der Waals surface area (Å²) in [4.78, 5) is 2.35. The van der Waals surface area contributed by atoms with Crippen LogP contribution in [0, 0.1) is 0 Å². The molecule has 1 atom stereocenters. The summed E-state index contributed by atoms with van der Waals surface area (Å²) in [5, 5.41) is 12.3. The van der Waals surface area contributed by atoms with Crippen LogP contribution >= 0.6 is 12.4 Å². The van der Waals surface area contributed by atoms with E-state index < -0.39 is 0 Å². The fraction of sp³-hybridized carbons (Fsp3) is 1.00. The molecule has 0 aliphatic carbocycles. The van der Waals surface area contributed by atoms with Crippen LogP contribution in [0.3, 0.4) is 0 Å². The Labute approximate surface area is 73.2 Å². The van der Waals surface area contributed by atoms with Crippen LogP contribution < -0.4 is 5.32 Å². The standard InChI is InChI=1S/C7H14N2O.ClH/c10-7-4-9(5-7)6-1-2-8-3-6;/h6-8,10H,1-5H2;1H/t6-;/m0./s1. The van der Waals surface area contributed by atoms with Crippen molar-refractivity contribution in [2.75, 3.05) is 26.2 Å². The number of halogens is 1. The van der Waals surface area contributed by atoms with E-state index in [-0.39, 0.29) is 18.5 Å². The first kappa shape index (κ1) is 9.26. The van der Waals surface area contributed by atoms with E-state index in [1.165, 1.54) is 6.42 Å². The predicted octanol–water partition coefficient (Wildman–Crippen LogP) is -0.553. The van der Waals surface area contributed by atoms with Crippen LogP contribution in [-0.4, -0.2) is 48.3 Å². The highest BCUT2D eigenvalue weighted by Gasteiger charge is 2.31. The van der Waals surface area contributed by atoms with Crippen molar-refractivity contribution in [1.82, 2.24) is 10.2 Å². The van der Waals surface area contributed by atoms with E-state index in [2.05, 4.69) is 10.2 Å². The van der Waals surface area contributed by atoms with E-state index >= 15 is 0 Å². The molecule has 2 rings (SSSR count). The molecule has 2 heterocycles. The van der Waals surface area contributed by atoms with Crippen molar-refractivity contribution in [3.63, 3.8) is 0 Å². The Morgan fingerprint density at radius 3 is 2.55 bits per heavy atom. The number of nitrogens with zero attached hydrogens (tertiary/aromatic N) is 1.